The largest absolute Gasteiger partial charge is 0.508 e. The second-order valence-corrected chi connectivity index (χ2v) is 6.35. The lowest BCUT2D eigenvalue weighted by Crippen LogP contribution is -2.29. The van der Waals surface area contributed by atoms with Gasteiger partial charge in [-0.2, -0.15) is 0 Å². The van der Waals surface area contributed by atoms with Crippen LogP contribution in [-0.4, -0.2) is 15.2 Å². The fourth-order valence-corrected chi connectivity index (χ4v) is 3.49. The lowest BCUT2D eigenvalue weighted by atomic mass is 10.0. The minimum Gasteiger partial charge on any atom is -0.508 e. The predicted octanol–water partition coefficient (Wildman–Crippen LogP) is 3.87. The number of anilines is 1. The highest BCUT2D eigenvalue weighted by molar-refractivity contribution is 7.80. The Labute approximate surface area is 150 Å². The molecular formula is C19H17N3O2S. The highest BCUT2D eigenvalue weighted by atomic mass is 32.1. The van der Waals surface area contributed by atoms with Gasteiger partial charge in [-0.15, -0.1) is 0 Å². The normalized spacial score (nSPS) is 19.9. The summed E-state index contributed by atoms with van der Waals surface area (Å²) in [7, 11) is 0. The van der Waals surface area contributed by atoms with E-state index < -0.39 is 0 Å². The smallest absolute Gasteiger partial charge is 0.174 e. The van der Waals surface area contributed by atoms with Crippen LogP contribution in [0.4, 0.5) is 5.69 Å². The van der Waals surface area contributed by atoms with Crippen LogP contribution in [0.1, 0.15) is 29.3 Å². The van der Waals surface area contributed by atoms with Crippen LogP contribution < -0.4 is 10.2 Å². The zero-order chi connectivity index (χ0) is 17.4. The number of furan rings is 1. The van der Waals surface area contributed by atoms with E-state index in [0.29, 0.717) is 5.11 Å². The van der Waals surface area contributed by atoms with Crippen LogP contribution in [0.25, 0.3) is 0 Å². The van der Waals surface area contributed by atoms with Crippen LogP contribution in [0.3, 0.4) is 0 Å². The van der Waals surface area contributed by atoms with E-state index in [9.17, 15) is 5.11 Å². The van der Waals surface area contributed by atoms with Crippen molar-refractivity contribution >= 4 is 23.0 Å². The molecule has 3 aromatic rings. The van der Waals surface area contributed by atoms with Crippen molar-refractivity contribution in [2.24, 2.45) is 0 Å². The minimum atomic E-state index is -0.166. The predicted molar refractivity (Wildman–Crippen MR) is 99.5 cm³/mol. The molecule has 3 heterocycles. The average molecular weight is 351 g/mol. The Morgan fingerprint density at radius 3 is 2.56 bits per heavy atom. The molecule has 1 fully saturated rings. The van der Waals surface area contributed by atoms with Crippen LogP contribution in [0.2, 0.25) is 0 Å². The lowest BCUT2D eigenvalue weighted by molar-refractivity contribution is 0.418. The van der Waals surface area contributed by atoms with E-state index in [0.717, 1.165) is 22.9 Å². The highest BCUT2D eigenvalue weighted by Crippen LogP contribution is 2.42. The van der Waals surface area contributed by atoms with Crippen molar-refractivity contribution in [1.29, 1.82) is 0 Å². The summed E-state index contributed by atoms with van der Waals surface area (Å²) in [5.74, 6) is 1.88. The van der Waals surface area contributed by atoms with Crippen molar-refractivity contribution in [2.75, 3.05) is 4.90 Å². The maximum absolute atomic E-state index is 9.59. The first-order chi connectivity index (χ1) is 12.1. The summed E-state index contributed by atoms with van der Waals surface area (Å²) in [6.07, 6.45) is 1.77. The summed E-state index contributed by atoms with van der Waals surface area (Å²) in [5.41, 5.74) is 1.78. The van der Waals surface area contributed by atoms with Crippen molar-refractivity contribution in [3.8, 4) is 5.75 Å². The van der Waals surface area contributed by atoms with Gasteiger partial charge in [0.25, 0.3) is 0 Å². The first kappa shape index (κ1) is 15.7. The Morgan fingerprint density at radius 1 is 1.12 bits per heavy atom. The van der Waals surface area contributed by atoms with Crippen LogP contribution in [-0.2, 0) is 0 Å². The molecule has 0 aliphatic carbocycles. The van der Waals surface area contributed by atoms with E-state index in [4.69, 9.17) is 16.6 Å². The second-order valence-electron chi connectivity index (χ2n) is 5.96. The molecule has 0 bridgehead atoms. The molecule has 126 valence electrons. The lowest BCUT2D eigenvalue weighted by Gasteiger charge is -2.26. The first-order valence-electron chi connectivity index (χ1n) is 7.99. The number of phenolic OH excluding ortho intramolecular Hbond substituents is 1. The molecule has 2 atom stereocenters. The molecule has 1 aliphatic rings. The molecule has 5 nitrogen and oxygen atoms in total. The molecular weight excluding hydrogens is 334 g/mol. The Morgan fingerprint density at radius 2 is 1.92 bits per heavy atom. The van der Waals surface area contributed by atoms with Crippen molar-refractivity contribution < 1.29 is 9.52 Å². The molecule has 25 heavy (non-hydrogen) atoms. The fourth-order valence-electron chi connectivity index (χ4n) is 3.15. The zero-order valence-electron chi connectivity index (χ0n) is 13.6. The second kappa shape index (κ2) is 6.22. The SMILES string of the molecule is Cc1ccc([C@@H]2[C@@H](c3ccccn3)NC(=S)N2c2ccc(O)cc2)o1. The number of nitrogens with zero attached hydrogens (tertiary/aromatic N) is 2. The summed E-state index contributed by atoms with van der Waals surface area (Å²) in [5, 5.41) is 13.5. The summed E-state index contributed by atoms with van der Waals surface area (Å²) < 4.78 is 5.92. The van der Waals surface area contributed by atoms with Gasteiger partial charge in [-0.1, -0.05) is 6.07 Å². The summed E-state index contributed by atoms with van der Waals surface area (Å²) >= 11 is 5.60. The van der Waals surface area contributed by atoms with Gasteiger partial charge in [0.2, 0.25) is 0 Å². The Hall–Kier alpha value is -2.86. The minimum absolute atomic E-state index is 0.131. The maximum Gasteiger partial charge on any atom is 0.174 e. The van der Waals surface area contributed by atoms with Gasteiger partial charge in [0.15, 0.2) is 5.11 Å². The number of hydrogen-bond acceptors (Lipinski definition) is 4. The topological polar surface area (TPSA) is 61.5 Å². The first-order valence-corrected chi connectivity index (χ1v) is 8.40. The molecule has 6 heteroatoms. The van der Waals surface area contributed by atoms with Gasteiger partial charge in [-0.3, -0.25) is 4.98 Å². The Bertz CT molecular complexity index is 893. The van der Waals surface area contributed by atoms with Crippen LogP contribution in [0, 0.1) is 6.92 Å². The third-order valence-electron chi connectivity index (χ3n) is 4.28. The van der Waals surface area contributed by atoms with Gasteiger partial charge < -0.3 is 19.7 Å². The van der Waals surface area contributed by atoms with Gasteiger partial charge in [0.1, 0.15) is 23.3 Å². The number of hydrogen-bond donors (Lipinski definition) is 2. The Balaban J connectivity index is 1.81. The van der Waals surface area contributed by atoms with Gasteiger partial charge >= 0.3 is 0 Å². The molecule has 4 rings (SSSR count). The monoisotopic (exact) mass is 351 g/mol. The molecule has 1 saturated heterocycles. The van der Waals surface area contributed by atoms with Gasteiger partial charge in [-0.05, 0) is 67.7 Å². The molecule has 0 unspecified atom stereocenters. The van der Waals surface area contributed by atoms with Crippen molar-refractivity contribution in [3.05, 3.63) is 78.0 Å². The van der Waals surface area contributed by atoms with Crippen LogP contribution in [0.5, 0.6) is 5.75 Å². The van der Waals surface area contributed by atoms with E-state index in [1.165, 1.54) is 0 Å². The van der Waals surface area contributed by atoms with Gasteiger partial charge in [0.05, 0.1) is 11.7 Å². The quantitative estimate of drug-likeness (QED) is 0.699. The summed E-state index contributed by atoms with van der Waals surface area (Å²) in [6, 6.07) is 16.4. The average Bonchev–Trinajstić information content (AvgIpc) is 3.20. The number of thiocarbonyl (C=S) groups is 1. The van der Waals surface area contributed by atoms with Gasteiger partial charge in [-0.25, -0.2) is 0 Å². The van der Waals surface area contributed by atoms with Gasteiger partial charge in [0, 0.05) is 11.9 Å². The number of aromatic hydroxyl groups is 1. The molecule has 0 spiro atoms. The van der Waals surface area contributed by atoms with Crippen LogP contribution >= 0.6 is 12.2 Å². The fraction of sp³-hybridized carbons (Fsp3) is 0.158. The summed E-state index contributed by atoms with van der Waals surface area (Å²) in [6.45, 7) is 1.92. The number of aryl methyl sites for hydroxylation is 1. The third-order valence-corrected chi connectivity index (χ3v) is 4.59. The third kappa shape index (κ3) is 2.85. The number of benzene rings is 1. The van der Waals surface area contributed by atoms with E-state index in [2.05, 4.69) is 10.3 Å². The number of phenols is 1. The number of pyridine rings is 1. The molecule has 2 N–H and O–H groups in total. The molecule has 1 aliphatic heterocycles. The molecule has 0 saturated carbocycles. The number of rotatable bonds is 3. The van der Waals surface area contributed by atoms with E-state index in [1.54, 1.807) is 18.3 Å². The molecule has 2 aromatic heterocycles. The number of nitrogens with one attached hydrogen (secondary N) is 1. The highest BCUT2D eigenvalue weighted by Gasteiger charge is 2.42. The number of aromatic nitrogens is 1. The van der Waals surface area contributed by atoms with Crippen molar-refractivity contribution in [3.63, 3.8) is 0 Å². The molecule has 0 radical (unpaired) electrons. The molecule has 0 amide bonds. The van der Waals surface area contributed by atoms with Crippen molar-refractivity contribution in [1.82, 2.24) is 10.3 Å². The zero-order valence-corrected chi connectivity index (χ0v) is 14.4. The van der Waals surface area contributed by atoms with E-state index >= 15 is 0 Å². The van der Waals surface area contributed by atoms with E-state index in [1.807, 2.05) is 54.3 Å². The van der Waals surface area contributed by atoms with Crippen molar-refractivity contribution in [2.45, 2.75) is 19.0 Å². The van der Waals surface area contributed by atoms with Crippen LogP contribution in [0.15, 0.2) is 65.2 Å². The summed E-state index contributed by atoms with van der Waals surface area (Å²) in [4.78, 5) is 6.50. The maximum atomic E-state index is 9.59. The Kier molecular flexibility index (Phi) is 3.89. The van der Waals surface area contributed by atoms with E-state index in [-0.39, 0.29) is 17.8 Å². The standard InChI is InChI=1S/C19H17N3O2S/c1-12-5-10-16(24-12)18-17(15-4-2-3-11-20-15)21-19(25)22(18)13-6-8-14(23)9-7-13/h2-11,17-18,23H,1H3,(H,21,25)/t17-,18-/m1/s1. The molecule has 1 aromatic carbocycles.